The molecule has 1 saturated heterocycles. The normalized spacial score (nSPS) is 20.2. The summed E-state index contributed by atoms with van der Waals surface area (Å²) in [6, 6.07) is 3.52. The molecule has 1 N–H and O–H groups in total. The number of ether oxygens (including phenoxy) is 2. The van der Waals surface area contributed by atoms with Gasteiger partial charge in [-0.25, -0.2) is 13.4 Å². The van der Waals surface area contributed by atoms with Crippen LogP contribution < -0.4 is 60.9 Å². The molecule has 0 aliphatic carbocycles. The number of halogens is 4. The van der Waals surface area contributed by atoms with Crippen LogP contribution in [0.2, 0.25) is 5.02 Å². The van der Waals surface area contributed by atoms with Crippen molar-refractivity contribution in [3.63, 3.8) is 0 Å². The number of fused-ring (bicyclic) bond motifs is 2. The fourth-order valence-electron chi connectivity index (χ4n) is 3.44. The number of carbonyl (C=O) groups excluding carboxylic acids is 1. The second-order valence-corrected chi connectivity index (χ2v) is 9.05. The smallest absolute Gasteiger partial charge is 0.571 e. The van der Waals surface area contributed by atoms with Gasteiger partial charge in [-0.15, -0.1) is 18.9 Å². The average molecular weight is 532 g/mol. The van der Waals surface area contributed by atoms with Gasteiger partial charge < -0.3 is 24.2 Å². The molecule has 172 valence electrons. The number of alkyl halides is 3. The molecule has 2 atom stereocenters. The Labute approximate surface area is 233 Å². The molecule has 1 aromatic heterocycles. The quantitative estimate of drug-likeness (QED) is 0.546. The summed E-state index contributed by atoms with van der Waals surface area (Å²) in [5.74, 6) is -1.33. The van der Waals surface area contributed by atoms with Gasteiger partial charge in [0, 0.05) is 23.2 Å². The summed E-state index contributed by atoms with van der Waals surface area (Å²) in [6.07, 6.45) is -5.03. The number of aliphatic hydroxyl groups is 1. The fourth-order valence-corrected chi connectivity index (χ4v) is 4.79. The molecule has 1 aromatic carbocycles. The number of hydrogen-bond acceptors (Lipinski definition) is 7. The minimum absolute atomic E-state index is 0. The van der Waals surface area contributed by atoms with E-state index in [1.165, 1.54) is 11.0 Å². The molecule has 1 fully saturated rings. The van der Waals surface area contributed by atoms with Crippen molar-refractivity contribution in [3.05, 3.63) is 45.8 Å². The molecule has 2 aliphatic rings. The van der Waals surface area contributed by atoms with Crippen LogP contribution in [0.5, 0.6) is 11.6 Å². The molecule has 3 heterocycles. The van der Waals surface area contributed by atoms with Gasteiger partial charge in [0.05, 0.1) is 17.5 Å². The molecule has 15 heteroatoms. The standard InChI is InChI=1S/C18H14ClF3N3O6S.K/c19-10-1-2-14(31-18(20,21)22)15(4-10)32(28,29)24-11-3-9-7-25-12(5-13(26)17(25)27)8-30-16(9)23-6-11;/h1-4,6,12-13,26H,5,7-8H2;/q-1;+1/t12-,13-;/m0./s1. The predicted molar refractivity (Wildman–Crippen MR) is 103 cm³/mol. The van der Waals surface area contributed by atoms with E-state index in [0.717, 1.165) is 24.4 Å². The molecule has 0 spiro atoms. The van der Waals surface area contributed by atoms with Crippen molar-refractivity contribution in [3.8, 4) is 11.6 Å². The zero-order valence-electron chi connectivity index (χ0n) is 16.9. The van der Waals surface area contributed by atoms with E-state index in [1.54, 1.807) is 0 Å². The van der Waals surface area contributed by atoms with Gasteiger partial charge in [-0.3, -0.25) is 4.79 Å². The van der Waals surface area contributed by atoms with Crippen molar-refractivity contribution < 1.29 is 92.3 Å². The van der Waals surface area contributed by atoms with Crippen LogP contribution in [0.1, 0.15) is 12.0 Å². The zero-order chi connectivity index (χ0) is 23.3. The van der Waals surface area contributed by atoms with Crippen molar-refractivity contribution in [2.24, 2.45) is 0 Å². The molecule has 2 aliphatic heterocycles. The van der Waals surface area contributed by atoms with Crippen molar-refractivity contribution in [2.45, 2.75) is 36.4 Å². The molecule has 9 nitrogen and oxygen atoms in total. The Hall–Kier alpha value is -1.13. The van der Waals surface area contributed by atoms with Crippen molar-refractivity contribution in [2.75, 3.05) is 6.61 Å². The molecular formula is C18H14ClF3KN3O6S. The maximum absolute atomic E-state index is 12.7. The second-order valence-electron chi connectivity index (χ2n) is 7.05. The summed E-state index contributed by atoms with van der Waals surface area (Å²) in [5.41, 5.74) is 0.111. The molecule has 2 aromatic rings. The topological polar surface area (TPSA) is 120 Å². The fraction of sp³-hybridized carbons (Fsp3) is 0.333. The van der Waals surface area contributed by atoms with E-state index in [9.17, 15) is 31.5 Å². The number of benzene rings is 1. The van der Waals surface area contributed by atoms with E-state index >= 15 is 0 Å². The molecule has 0 radical (unpaired) electrons. The zero-order valence-corrected chi connectivity index (χ0v) is 21.6. The molecule has 1 amide bonds. The number of carbonyl (C=O) groups is 1. The van der Waals surface area contributed by atoms with Gasteiger partial charge in [0.15, 0.2) is 0 Å². The molecule has 33 heavy (non-hydrogen) atoms. The molecule has 0 unspecified atom stereocenters. The van der Waals surface area contributed by atoms with Gasteiger partial charge in [0.25, 0.3) is 5.91 Å². The molecule has 0 bridgehead atoms. The first-order valence-electron chi connectivity index (χ1n) is 9.06. The summed E-state index contributed by atoms with van der Waals surface area (Å²) in [4.78, 5) is 16.7. The Bertz CT molecular complexity index is 1180. The van der Waals surface area contributed by atoms with E-state index in [4.69, 9.17) is 16.3 Å². The number of rotatable bonds is 4. The number of hydrogen-bond donors (Lipinski definition) is 1. The van der Waals surface area contributed by atoms with E-state index in [1.807, 2.05) is 0 Å². The predicted octanol–water partition coefficient (Wildman–Crippen LogP) is -0.114. The van der Waals surface area contributed by atoms with Gasteiger partial charge in [0.1, 0.15) is 28.5 Å². The summed E-state index contributed by atoms with van der Waals surface area (Å²) < 4.78 is 76.4. The van der Waals surface area contributed by atoms with Crippen LogP contribution in [-0.2, 0) is 21.4 Å². The van der Waals surface area contributed by atoms with Gasteiger partial charge in [-0.1, -0.05) is 17.7 Å². The minimum Gasteiger partial charge on any atom is -0.571 e. The van der Waals surface area contributed by atoms with Gasteiger partial charge >= 0.3 is 57.7 Å². The third-order valence-electron chi connectivity index (χ3n) is 4.80. The van der Waals surface area contributed by atoms with Crippen LogP contribution in [0.4, 0.5) is 18.9 Å². The van der Waals surface area contributed by atoms with Gasteiger partial charge in [-0.05, 0) is 18.2 Å². The van der Waals surface area contributed by atoms with E-state index in [2.05, 4.69) is 14.4 Å². The monoisotopic (exact) mass is 531 g/mol. The van der Waals surface area contributed by atoms with E-state index < -0.39 is 39.0 Å². The Morgan fingerprint density at radius 1 is 1.30 bits per heavy atom. The maximum Gasteiger partial charge on any atom is 1.00 e. The summed E-state index contributed by atoms with van der Waals surface area (Å²) in [6.45, 7) is 0.0874. The maximum atomic E-state index is 12.7. The van der Waals surface area contributed by atoms with Crippen molar-refractivity contribution in [1.29, 1.82) is 0 Å². The Morgan fingerprint density at radius 2 is 2.03 bits per heavy atom. The molecular weight excluding hydrogens is 518 g/mol. The van der Waals surface area contributed by atoms with E-state index in [0.29, 0.717) is 5.56 Å². The van der Waals surface area contributed by atoms with Gasteiger partial charge in [0.2, 0.25) is 5.88 Å². The number of pyridine rings is 1. The average Bonchev–Trinajstić information content (AvgIpc) is 2.85. The first kappa shape index (κ1) is 26.5. The first-order valence-corrected chi connectivity index (χ1v) is 10.9. The van der Waals surface area contributed by atoms with Crippen LogP contribution >= 0.6 is 11.6 Å². The largest absolute Gasteiger partial charge is 1.00 e. The summed E-state index contributed by atoms with van der Waals surface area (Å²) >= 11 is 5.76. The third-order valence-corrected chi connectivity index (χ3v) is 6.36. The van der Waals surface area contributed by atoms with Crippen LogP contribution in [0, 0.1) is 0 Å². The Kier molecular flexibility index (Phi) is 7.90. The van der Waals surface area contributed by atoms with Crippen LogP contribution in [0.15, 0.2) is 35.4 Å². The Balaban J connectivity index is 0.00000306. The van der Waals surface area contributed by atoms with Crippen molar-refractivity contribution >= 4 is 33.2 Å². The first-order chi connectivity index (χ1) is 14.9. The molecule has 4 rings (SSSR count). The van der Waals surface area contributed by atoms with Crippen LogP contribution in [-0.4, -0.2) is 54.4 Å². The SMILES string of the molecule is O=C1[C@@H](O)C[C@H]2COc3ncc([N-]S(=O)(=O)c4cc(Cl)ccc4OC(F)(F)F)cc3CN12.[K+]. The minimum atomic E-state index is -5.13. The summed E-state index contributed by atoms with van der Waals surface area (Å²) in [5, 5.41) is 9.63. The number of sulfonamides is 1. The van der Waals surface area contributed by atoms with Crippen molar-refractivity contribution in [1.82, 2.24) is 9.88 Å². The van der Waals surface area contributed by atoms with Crippen LogP contribution in [0.25, 0.3) is 4.72 Å². The molecule has 0 saturated carbocycles. The second kappa shape index (κ2) is 9.85. The number of aromatic nitrogens is 1. The number of nitrogens with zero attached hydrogens (tertiary/aromatic N) is 3. The van der Waals surface area contributed by atoms with E-state index in [-0.39, 0.29) is 93.6 Å². The number of aliphatic hydroxyl groups excluding tert-OH is 1. The van der Waals surface area contributed by atoms with Gasteiger partial charge in [-0.2, -0.15) is 0 Å². The summed E-state index contributed by atoms with van der Waals surface area (Å²) in [7, 11) is -4.70. The Morgan fingerprint density at radius 3 is 2.73 bits per heavy atom. The van der Waals surface area contributed by atoms with Crippen LogP contribution in [0.3, 0.4) is 0 Å². The third kappa shape index (κ3) is 5.93. The number of amides is 1.